The van der Waals surface area contributed by atoms with E-state index in [1.54, 1.807) is 32.4 Å². The zero-order valence-corrected chi connectivity index (χ0v) is 18.3. The van der Waals surface area contributed by atoms with Crippen LogP contribution >= 0.6 is 0 Å². The lowest BCUT2D eigenvalue weighted by Crippen LogP contribution is -2.27. The Hall–Kier alpha value is -3.33. The van der Waals surface area contributed by atoms with Gasteiger partial charge in [-0.1, -0.05) is 32.4 Å². The first-order valence-electron chi connectivity index (χ1n) is 9.37. The number of carboxylic acids is 1. The third-order valence-electron chi connectivity index (χ3n) is 3.36. The van der Waals surface area contributed by atoms with Gasteiger partial charge >= 0.3 is 5.97 Å². The molecule has 0 aromatic heterocycles. The highest BCUT2D eigenvalue weighted by Crippen LogP contribution is 2.24. The first kappa shape index (κ1) is 28.9. The predicted molar refractivity (Wildman–Crippen MR) is 125 cm³/mol. The third-order valence-corrected chi connectivity index (χ3v) is 3.36. The second kappa shape index (κ2) is 19.0. The lowest BCUT2D eigenvalue weighted by Gasteiger charge is -2.07. The molecule has 9 heteroatoms. The molecule has 0 aliphatic carbocycles. The zero-order valence-electron chi connectivity index (χ0n) is 18.3. The number of hydrazone groups is 1. The number of carbonyl (C=O) groups is 1. The van der Waals surface area contributed by atoms with E-state index >= 15 is 0 Å². The standard InChI is InChI=1S/C16H25N5O.C4H6O2.CH4O/c1-4-5-6-9-19-16(18)21-20-11-12(2)14-10-13(22-3)7-8-15(14)17;1-2-3-4(5)6;1-2/h7-8,10-11H,2,4-6,9,17H2,1,3H3,(H3,18,19,21);2-3H,1H3,(H,5,6);2H,1H3/b20-11+;3-2-;. The molecule has 0 atom stereocenters. The van der Waals surface area contributed by atoms with Gasteiger partial charge in [0.15, 0.2) is 0 Å². The fourth-order valence-electron chi connectivity index (χ4n) is 1.93. The lowest BCUT2D eigenvalue weighted by molar-refractivity contribution is -0.131. The first-order chi connectivity index (χ1) is 14.3. The minimum atomic E-state index is -0.891. The molecule has 9 nitrogen and oxygen atoms in total. The van der Waals surface area contributed by atoms with Gasteiger partial charge in [-0.3, -0.25) is 4.99 Å². The number of nitrogen functional groups attached to an aromatic ring is 1. The van der Waals surface area contributed by atoms with Crippen molar-refractivity contribution in [3.63, 3.8) is 0 Å². The number of aliphatic imine (C=N–C) groups is 1. The fourth-order valence-corrected chi connectivity index (χ4v) is 1.93. The number of anilines is 1. The minimum absolute atomic E-state index is 0.291. The number of allylic oxidation sites excluding steroid dienone is 2. The van der Waals surface area contributed by atoms with Crippen LogP contribution in [-0.4, -0.2) is 49.1 Å². The highest BCUT2D eigenvalue weighted by atomic mass is 16.5. The Morgan fingerprint density at radius 3 is 2.50 bits per heavy atom. The van der Waals surface area contributed by atoms with Crippen LogP contribution in [0, 0.1) is 0 Å². The van der Waals surface area contributed by atoms with Crippen molar-refractivity contribution in [3.05, 3.63) is 42.5 Å². The van der Waals surface area contributed by atoms with Crippen LogP contribution in [0.1, 0.15) is 38.7 Å². The van der Waals surface area contributed by atoms with Crippen LogP contribution in [0.15, 0.2) is 47.0 Å². The quantitative estimate of drug-likeness (QED) is 0.102. The van der Waals surface area contributed by atoms with E-state index in [2.05, 4.69) is 29.0 Å². The zero-order chi connectivity index (χ0) is 23.4. The number of hydrogen-bond acceptors (Lipinski definition) is 6. The maximum absolute atomic E-state index is 9.51. The van der Waals surface area contributed by atoms with E-state index in [1.165, 1.54) is 6.08 Å². The van der Waals surface area contributed by atoms with Crippen molar-refractivity contribution in [1.82, 2.24) is 5.43 Å². The molecule has 0 fully saturated rings. The average Bonchev–Trinajstić information content (AvgIpc) is 2.73. The summed E-state index contributed by atoms with van der Waals surface area (Å²) in [5.41, 5.74) is 16.3. The van der Waals surface area contributed by atoms with E-state index in [0.717, 1.165) is 38.0 Å². The first-order valence-corrected chi connectivity index (χ1v) is 9.37. The number of aliphatic hydroxyl groups excluding tert-OH is 1. The van der Waals surface area contributed by atoms with Gasteiger partial charge in [0.25, 0.3) is 0 Å². The molecular formula is C21H35N5O4. The summed E-state index contributed by atoms with van der Waals surface area (Å²) >= 11 is 0. The number of ether oxygens (including phenoxy) is 1. The minimum Gasteiger partial charge on any atom is -0.497 e. The molecule has 0 heterocycles. The molecule has 1 aromatic rings. The number of nitrogens with two attached hydrogens (primary N) is 2. The van der Waals surface area contributed by atoms with Crippen LogP contribution in [0.25, 0.3) is 5.57 Å². The van der Waals surface area contributed by atoms with Crippen LogP contribution in [0.3, 0.4) is 0 Å². The van der Waals surface area contributed by atoms with Crippen LogP contribution in [-0.2, 0) is 4.79 Å². The molecule has 1 rings (SSSR count). The van der Waals surface area contributed by atoms with E-state index in [4.69, 9.17) is 26.4 Å². The fraction of sp³-hybridized carbons (Fsp3) is 0.381. The Morgan fingerprint density at radius 2 is 2.00 bits per heavy atom. The largest absolute Gasteiger partial charge is 0.497 e. The van der Waals surface area contributed by atoms with Crippen LogP contribution in [0.4, 0.5) is 5.69 Å². The number of methoxy groups -OCH3 is 1. The number of guanidine groups is 1. The van der Waals surface area contributed by atoms with E-state index in [-0.39, 0.29) is 0 Å². The number of aliphatic carboxylic acids is 1. The van der Waals surface area contributed by atoms with E-state index < -0.39 is 5.97 Å². The Labute approximate surface area is 178 Å². The summed E-state index contributed by atoms with van der Waals surface area (Å²) in [6.07, 6.45) is 7.44. The number of benzene rings is 1. The third kappa shape index (κ3) is 14.7. The maximum Gasteiger partial charge on any atom is 0.327 e. The Morgan fingerprint density at radius 1 is 1.33 bits per heavy atom. The number of aliphatic hydroxyl groups is 1. The van der Waals surface area contributed by atoms with Gasteiger partial charge < -0.3 is 26.4 Å². The van der Waals surface area contributed by atoms with Crippen molar-refractivity contribution in [3.8, 4) is 5.75 Å². The Bertz CT molecular complexity index is 715. The summed E-state index contributed by atoms with van der Waals surface area (Å²) in [5.74, 6) is 0.111. The summed E-state index contributed by atoms with van der Waals surface area (Å²) in [7, 11) is 2.60. The molecule has 168 valence electrons. The van der Waals surface area contributed by atoms with Gasteiger partial charge in [-0.25, -0.2) is 10.2 Å². The number of hydrogen-bond donors (Lipinski definition) is 5. The van der Waals surface area contributed by atoms with Crippen LogP contribution in [0.2, 0.25) is 0 Å². The number of unbranched alkanes of at least 4 members (excludes halogenated alkanes) is 2. The second-order valence-electron chi connectivity index (χ2n) is 5.66. The second-order valence-corrected chi connectivity index (χ2v) is 5.66. The molecule has 0 saturated heterocycles. The van der Waals surface area contributed by atoms with Gasteiger partial charge in [-0.05, 0) is 37.1 Å². The molecule has 0 saturated carbocycles. The number of nitrogens with zero attached hydrogens (tertiary/aromatic N) is 2. The van der Waals surface area contributed by atoms with Crippen LogP contribution < -0.4 is 21.6 Å². The SMILES string of the molecule is C/C=C\C(=O)O.C=C(/C=N/NC(N)=NCCCCC)c1cc(OC)ccc1N.CO. The lowest BCUT2D eigenvalue weighted by atomic mass is 10.1. The van der Waals surface area contributed by atoms with Gasteiger partial charge in [0, 0.05) is 31.0 Å². The van der Waals surface area contributed by atoms with Crippen molar-refractivity contribution in [2.45, 2.75) is 33.1 Å². The molecule has 0 spiro atoms. The molecular weight excluding hydrogens is 386 g/mol. The van der Waals surface area contributed by atoms with Gasteiger partial charge in [0.1, 0.15) is 5.75 Å². The van der Waals surface area contributed by atoms with Crippen molar-refractivity contribution >= 4 is 29.4 Å². The Balaban J connectivity index is 0. The highest BCUT2D eigenvalue weighted by molar-refractivity contribution is 6.11. The number of carboxylic acid groups (broad SMARTS) is 1. The molecule has 1 aromatic carbocycles. The predicted octanol–water partition coefficient (Wildman–Crippen LogP) is 2.63. The average molecular weight is 422 g/mol. The number of rotatable bonds is 9. The van der Waals surface area contributed by atoms with Gasteiger partial charge in [-0.2, -0.15) is 5.10 Å². The normalized spacial score (nSPS) is 10.6. The van der Waals surface area contributed by atoms with E-state index in [1.807, 2.05) is 6.07 Å². The molecule has 0 unspecified atom stereocenters. The van der Waals surface area contributed by atoms with Crippen molar-refractivity contribution in [2.75, 3.05) is 26.5 Å². The smallest absolute Gasteiger partial charge is 0.327 e. The van der Waals surface area contributed by atoms with Gasteiger partial charge in [0.2, 0.25) is 5.96 Å². The van der Waals surface area contributed by atoms with Crippen molar-refractivity contribution in [2.24, 2.45) is 15.8 Å². The van der Waals surface area contributed by atoms with Crippen LogP contribution in [0.5, 0.6) is 5.75 Å². The molecule has 7 N–H and O–H groups in total. The summed E-state index contributed by atoms with van der Waals surface area (Å²) in [4.78, 5) is 13.7. The van der Waals surface area contributed by atoms with E-state index in [9.17, 15) is 4.79 Å². The summed E-state index contributed by atoms with van der Waals surface area (Å²) in [6, 6.07) is 5.37. The summed E-state index contributed by atoms with van der Waals surface area (Å²) in [5, 5.41) is 18.8. The molecule has 0 amide bonds. The Kier molecular flexibility index (Phi) is 18.3. The van der Waals surface area contributed by atoms with Crippen molar-refractivity contribution < 1.29 is 19.7 Å². The van der Waals surface area contributed by atoms with Gasteiger partial charge in [0.05, 0.1) is 13.3 Å². The molecule has 0 aliphatic rings. The monoisotopic (exact) mass is 421 g/mol. The molecule has 0 aliphatic heterocycles. The summed E-state index contributed by atoms with van der Waals surface area (Å²) in [6.45, 7) is 8.44. The topological polar surface area (TPSA) is 156 Å². The highest BCUT2D eigenvalue weighted by Gasteiger charge is 2.04. The van der Waals surface area contributed by atoms with Gasteiger partial charge in [-0.15, -0.1) is 0 Å². The maximum atomic E-state index is 9.51. The van der Waals surface area contributed by atoms with E-state index in [0.29, 0.717) is 29.5 Å². The molecule has 0 radical (unpaired) electrons. The molecule has 0 bridgehead atoms. The van der Waals surface area contributed by atoms with Crippen molar-refractivity contribution in [1.29, 1.82) is 0 Å². The number of nitrogens with one attached hydrogen (secondary N) is 1. The summed E-state index contributed by atoms with van der Waals surface area (Å²) < 4.78 is 5.17. The molecule has 30 heavy (non-hydrogen) atoms.